The highest BCUT2D eigenvalue weighted by atomic mass is 16.5. The standard InChI is InChI=1S/C13H24N4O2/c1-5-14-11-7-12(15-9(2)6-10(3)18)17-13(16-11)8-19-4/h7,9-10,18H,5-6,8H2,1-4H3,(H2,14,15,16,17). The number of hydrogen-bond acceptors (Lipinski definition) is 6. The summed E-state index contributed by atoms with van der Waals surface area (Å²) in [4.78, 5) is 8.73. The molecule has 6 heteroatoms. The Kier molecular flexibility index (Phi) is 6.52. The van der Waals surface area contributed by atoms with Gasteiger partial charge in [-0.25, -0.2) is 9.97 Å². The molecule has 0 aliphatic carbocycles. The molecule has 0 radical (unpaired) electrons. The molecule has 0 aliphatic rings. The quantitative estimate of drug-likeness (QED) is 0.665. The summed E-state index contributed by atoms with van der Waals surface area (Å²) in [5, 5.41) is 15.8. The van der Waals surface area contributed by atoms with Gasteiger partial charge in [0.05, 0.1) is 6.10 Å². The van der Waals surface area contributed by atoms with Crippen molar-refractivity contribution in [3.8, 4) is 0 Å². The lowest BCUT2D eigenvalue weighted by molar-refractivity contribution is 0.177. The third kappa shape index (κ3) is 5.85. The fraction of sp³-hybridized carbons (Fsp3) is 0.692. The van der Waals surface area contributed by atoms with Gasteiger partial charge >= 0.3 is 0 Å². The number of hydrogen-bond donors (Lipinski definition) is 3. The maximum Gasteiger partial charge on any atom is 0.158 e. The van der Waals surface area contributed by atoms with Crippen LogP contribution in [-0.4, -0.2) is 40.9 Å². The topological polar surface area (TPSA) is 79.3 Å². The molecule has 0 saturated carbocycles. The zero-order chi connectivity index (χ0) is 14.3. The Morgan fingerprint density at radius 1 is 1.32 bits per heavy atom. The van der Waals surface area contributed by atoms with Crippen LogP contribution < -0.4 is 10.6 Å². The SMILES string of the molecule is CCNc1cc(NC(C)CC(C)O)nc(COC)n1. The molecule has 1 heterocycles. The third-order valence-electron chi connectivity index (χ3n) is 2.49. The molecule has 2 atom stereocenters. The maximum absolute atomic E-state index is 9.37. The molecule has 1 rings (SSSR count). The molecule has 0 aromatic carbocycles. The van der Waals surface area contributed by atoms with Gasteiger partial charge in [0.15, 0.2) is 5.82 Å². The van der Waals surface area contributed by atoms with Gasteiger partial charge in [-0.05, 0) is 27.2 Å². The van der Waals surface area contributed by atoms with E-state index < -0.39 is 0 Å². The monoisotopic (exact) mass is 268 g/mol. The van der Waals surface area contributed by atoms with E-state index in [2.05, 4.69) is 20.6 Å². The minimum absolute atomic E-state index is 0.139. The van der Waals surface area contributed by atoms with Crippen molar-refractivity contribution < 1.29 is 9.84 Å². The van der Waals surface area contributed by atoms with Crippen LogP contribution in [0.4, 0.5) is 11.6 Å². The molecule has 108 valence electrons. The molecule has 0 aliphatic heterocycles. The number of ether oxygens (including phenoxy) is 1. The van der Waals surface area contributed by atoms with Crippen LogP contribution in [0.25, 0.3) is 0 Å². The average Bonchev–Trinajstić information content (AvgIpc) is 2.28. The fourth-order valence-electron chi connectivity index (χ4n) is 1.86. The van der Waals surface area contributed by atoms with Crippen molar-refractivity contribution in [3.63, 3.8) is 0 Å². The lowest BCUT2D eigenvalue weighted by Crippen LogP contribution is -2.22. The summed E-state index contributed by atoms with van der Waals surface area (Å²) in [6, 6.07) is 2.00. The number of nitrogens with one attached hydrogen (secondary N) is 2. The Bertz CT molecular complexity index is 361. The predicted molar refractivity (Wildman–Crippen MR) is 76.3 cm³/mol. The molecule has 1 aromatic heterocycles. The van der Waals surface area contributed by atoms with E-state index in [1.54, 1.807) is 14.0 Å². The van der Waals surface area contributed by atoms with Gasteiger partial charge in [-0.3, -0.25) is 0 Å². The number of aliphatic hydroxyl groups is 1. The number of anilines is 2. The second kappa shape index (κ2) is 7.91. The normalized spacial score (nSPS) is 13.9. The number of nitrogens with zero attached hydrogens (tertiary/aromatic N) is 2. The Balaban J connectivity index is 2.79. The number of aromatic nitrogens is 2. The molecule has 1 aromatic rings. The third-order valence-corrected chi connectivity index (χ3v) is 2.49. The zero-order valence-corrected chi connectivity index (χ0v) is 12.1. The van der Waals surface area contributed by atoms with Crippen LogP contribution >= 0.6 is 0 Å². The molecule has 0 spiro atoms. The van der Waals surface area contributed by atoms with E-state index in [0.717, 1.165) is 18.2 Å². The zero-order valence-electron chi connectivity index (χ0n) is 12.1. The minimum Gasteiger partial charge on any atom is -0.393 e. The first-order chi connectivity index (χ1) is 9.05. The van der Waals surface area contributed by atoms with Gasteiger partial charge in [0, 0.05) is 25.8 Å². The molecule has 0 saturated heterocycles. The van der Waals surface area contributed by atoms with Crippen molar-refractivity contribution in [3.05, 3.63) is 11.9 Å². The van der Waals surface area contributed by atoms with E-state index in [9.17, 15) is 5.11 Å². The van der Waals surface area contributed by atoms with Crippen LogP contribution in [0.3, 0.4) is 0 Å². The second-order valence-corrected chi connectivity index (χ2v) is 4.65. The Hall–Kier alpha value is -1.40. The lowest BCUT2D eigenvalue weighted by Gasteiger charge is -2.17. The van der Waals surface area contributed by atoms with Crippen molar-refractivity contribution in [2.75, 3.05) is 24.3 Å². The summed E-state index contributed by atoms with van der Waals surface area (Å²) in [5.74, 6) is 2.15. The van der Waals surface area contributed by atoms with Crippen molar-refractivity contribution in [2.45, 2.75) is 45.9 Å². The van der Waals surface area contributed by atoms with Gasteiger partial charge in [0.2, 0.25) is 0 Å². The molecule has 19 heavy (non-hydrogen) atoms. The Morgan fingerprint density at radius 2 is 2.00 bits per heavy atom. The van der Waals surface area contributed by atoms with E-state index in [4.69, 9.17) is 4.74 Å². The van der Waals surface area contributed by atoms with Crippen LogP contribution in [0, 0.1) is 0 Å². The molecule has 0 bridgehead atoms. The van der Waals surface area contributed by atoms with Crippen molar-refractivity contribution in [2.24, 2.45) is 0 Å². The van der Waals surface area contributed by atoms with Crippen LogP contribution in [0.1, 0.15) is 33.0 Å². The molecule has 3 N–H and O–H groups in total. The average molecular weight is 268 g/mol. The van der Waals surface area contributed by atoms with Gasteiger partial charge in [-0.2, -0.15) is 0 Å². The van der Waals surface area contributed by atoms with Gasteiger partial charge in [0.25, 0.3) is 0 Å². The summed E-state index contributed by atoms with van der Waals surface area (Å²) < 4.78 is 5.07. The summed E-state index contributed by atoms with van der Waals surface area (Å²) in [6.07, 6.45) is 0.330. The summed E-state index contributed by atoms with van der Waals surface area (Å²) in [6.45, 7) is 6.97. The van der Waals surface area contributed by atoms with Crippen LogP contribution in [-0.2, 0) is 11.3 Å². The first-order valence-electron chi connectivity index (χ1n) is 6.60. The molecule has 0 amide bonds. The van der Waals surface area contributed by atoms with Crippen LogP contribution in [0.5, 0.6) is 0 Å². The summed E-state index contributed by atoms with van der Waals surface area (Å²) in [5.41, 5.74) is 0. The van der Waals surface area contributed by atoms with E-state index >= 15 is 0 Å². The van der Waals surface area contributed by atoms with Crippen LogP contribution in [0.2, 0.25) is 0 Å². The smallest absolute Gasteiger partial charge is 0.158 e. The van der Waals surface area contributed by atoms with Gasteiger partial charge in [0.1, 0.15) is 18.2 Å². The minimum atomic E-state index is -0.337. The second-order valence-electron chi connectivity index (χ2n) is 4.65. The van der Waals surface area contributed by atoms with Gasteiger partial charge in [-0.1, -0.05) is 0 Å². The van der Waals surface area contributed by atoms with Crippen LogP contribution in [0.15, 0.2) is 6.07 Å². The van der Waals surface area contributed by atoms with Gasteiger partial charge < -0.3 is 20.5 Å². The first kappa shape index (κ1) is 15.7. The highest BCUT2D eigenvalue weighted by Gasteiger charge is 2.09. The van der Waals surface area contributed by atoms with Crippen molar-refractivity contribution >= 4 is 11.6 Å². The Morgan fingerprint density at radius 3 is 2.58 bits per heavy atom. The largest absolute Gasteiger partial charge is 0.393 e. The molecular weight excluding hydrogens is 244 g/mol. The number of rotatable bonds is 8. The molecule has 6 nitrogen and oxygen atoms in total. The Labute approximate surface area is 114 Å². The van der Waals surface area contributed by atoms with E-state index in [1.165, 1.54) is 0 Å². The molecule has 2 unspecified atom stereocenters. The van der Waals surface area contributed by atoms with E-state index in [0.29, 0.717) is 18.9 Å². The summed E-state index contributed by atoms with van der Waals surface area (Å²) in [7, 11) is 1.62. The van der Waals surface area contributed by atoms with Crippen molar-refractivity contribution in [1.29, 1.82) is 0 Å². The van der Waals surface area contributed by atoms with Gasteiger partial charge in [-0.15, -0.1) is 0 Å². The number of methoxy groups -OCH3 is 1. The van der Waals surface area contributed by atoms with E-state index in [-0.39, 0.29) is 12.1 Å². The number of aliphatic hydroxyl groups excluding tert-OH is 1. The maximum atomic E-state index is 9.37. The summed E-state index contributed by atoms with van der Waals surface area (Å²) >= 11 is 0. The fourth-order valence-corrected chi connectivity index (χ4v) is 1.86. The first-order valence-corrected chi connectivity index (χ1v) is 6.60. The van der Waals surface area contributed by atoms with E-state index in [1.807, 2.05) is 19.9 Å². The highest BCUT2D eigenvalue weighted by molar-refractivity contribution is 5.47. The molecule has 0 fully saturated rings. The molecular formula is C13H24N4O2. The predicted octanol–water partition coefficient (Wildman–Crippen LogP) is 1.63. The van der Waals surface area contributed by atoms with Crippen molar-refractivity contribution in [1.82, 2.24) is 9.97 Å². The lowest BCUT2D eigenvalue weighted by atomic mass is 10.1. The highest BCUT2D eigenvalue weighted by Crippen LogP contribution is 2.14.